The lowest BCUT2D eigenvalue weighted by atomic mass is 10.1. The molecule has 0 spiro atoms. The third kappa shape index (κ3) is 2.65. The van der Waals surface area contributed by atoms with Crippen molar-refractivity contribution in [2.75, 3.05) is 5.75 Å². The molecule has 0 saturated carbocycles. The Kier molecular flexibility index (Phi) is 3.89. The van der Waals surface area contributed by atoms with Crippen LogP contribution in [-0.2, 0) is 19.3 Å². The number of thioether (sulfide) groups is 1. The van der Waals surface area contributed by atoms with Crippen LogP contribution in [0.25, 0.3) is 0 Å². The summed E-state index contributed by atoms with van der Waals surface area (Å²) < 4.78 is 20.9. The Hall–Kier alpha value is -1.20. The van der Waals surface area contributed by atoms with Crippen LogP contribution in [0.4, 0.5) is 4.39 Å². The molecule has 2 aromatic rings. The monoisotopic (exact) mass is 312 g/mol. The number of halogens is 2. The van der Waals surface area contributed by atoms with E-state index in [1.807, 2.05) is 11.6 Å². The number of nitrogens with zero attached hydrogens (tertiary/aromatic N) is 2. The molecule has 0 amide bonds. The van der Waals surface area contributed by atoms with Gasteiger partial charge in [0.1, 0.15) is 17.7 Å². The Morgan fingerprint density at radius 3 is 3.15 bits per heavy atom. The lowest BCUT2D eigenvalue weighted by molar-refractivity contribution is 0.259. The van der Waals surface area contributed by atoms with E-state index in [-0.39, 0.29) is 11.9 Å². The minimum atomic E-state index is -0.212. The lowest BCUT2D eigenvalue weighted by Gasteiger charge is -2.10. The van der Waals surface area contributed by atoms with Crippen LogP contribution in [0.5, 0.6) is 5.75 Å². The van der Waals surface area contributed by atoms with Crippen LogP contribution in [-0.4, -0.2) is 21.4 Å². The SMILES string of the molecule is Cn1c(CCl)cnc1SCC1Cc2cc(F)ccc2O1. The zero-order valence-corrected chi connectivity index (χ0v) is 12.5. The summed E-state index contributed by atoms with van der Waals surface area (Å²) in [4.78, 5) is 4.34. The van der Waals surface area contributed by atoms with Crippen molar-refractivity contribution in [3.05, 3.63) is 41.5 Å². The maximum absolute atomic E-state index is 13.1. The molecule has 6 heteroatoms. The molecule has 0 radical (unpaired) electrons. The molecule has 20 heavy (non-hydrogen) atoms. The number of ether oxygens (including phenoxy) is 1. The van der Waals surface area contributed by atoms with Gasteiger partial charge in [-0.25, -0.2) is 9.37 Å². The maximum Gasteiger partial charge on any atom is 0.168 e. The van der Waals surface area contributed by atoms with Crippen LogP contribution in [0, 0.1) is 5.82 Å². The van der Waals surface area contributed by atoms with Crippen molar-refractivity contribution in [2.45, 2.75) is 23.6 Å². The Morgan fingerprint density at radius 1 is 1.55 bits per heavy atom. The standard InChI is InChI=1S/C14H14ClFN2OS/c1-18-11(6-15)7-17-14(18)20-8-12-5-9-4-10(16)2-3-13(9)19-12/h2-4,7,12H,5-6,8H2,1H3. The molecule has 1 aliphatic heterocycles. The van der Waals surface area contributed by atoms with Gasteiger partial charge in [-0.05, 0) is 18.2 Å². The highest BCUT2D eigenvalue weighted by molar-refractivity contribution is 7.99. The van der Waals surface area contributed by atoms with E-state index in [9.17, 15) is 4.39 Å². The summed E-state index contributed by atoms with van der Waals surface area (Å²) in [6, 6.07) is 4.67. The first-order valence-electron chi connectivity index (χ1n) is 6.32. The second-order valence-corrected chi connectivity index (χ2v) is 5.99. The quantitative estimate of drug-likeness (QED) is 0.639. The number of hydrogen-bond donors (Lipinski definition) is 0. The van der Waals surface area contributed by atoms with E-state index >= 15 is 0 Å². The first-order valence-corrected chi connectivity index (χ1v) is 7.84. The fourth-order valence-corrected chi connectivity index (χ4v) is 3.44. The molecule has 1 unspecified atom stereocenters. The predicted molar refractivity (Wildman–Crippen MR) is 78.0 cm³/mol. The van der Waals surface area contributed by atoms with E-state index in [0.29, 0.717) is 5.88 Å². The molecule has 3 nitrogen and oxygen atoms in total. The number of benzene rings is 1. The van der Waals surface area contributed by atoms with Crippen molar-refractivity contribution >= 4 is 23.4 Å². The van der Waals surface area contributed by atoms with Crippen molar-refractivity contribution in [3.63, 3.8) is 0 Å². The Morgan fingerprint density at radius 2 is 2.40 bits per heavy atom. The minimum absolute atomic E-state index is 0.0629. The Bertz CT molecular complexity index is 632. The molecule has 0 saturated heterocycles. The summed E-state index contributed by atoms with van der Waals surface area (Å²) in [5.74, 6) is 1.81. The van der Waals surface area contributed by atoms with E-state index in [1.165, 1.54) is 6.07 Å². The first kappa shape index (κ1) is 13.8. The summed E-state index contributed by atoms with van der Waals surface area (Å²) in [7, 11) is 1.95. The minimum Gasteiger partial charge on any atom is -0.489 e. The van der Waals surface area contributed by atoms with Crippen molar-refractivity contribution < 1.29 is 9.13 Å². The van der Waals surface area contributed by atoms with Crippen molar-refractivity contribution in [1.82, 2.24) is 9.55 Å². The van der Waals surface area contributed by atoms with Crippen LogP contribution in [0.15, 0.2) is 29.6 Å². The topological polar surface area (TPSA) is 27.1 Å². The molecule has 106 valence electrons. The normalized spacial score (nSPS) is 17.1. The number of imidazole rings is 1. The van der Waals surface area contributed by atoms with Crippen molar-refractivity contribution in [2.24, 2.45) is 7.05 Å². The van der Waals surface area contributed by atoms with Gasteiger partial charge in [-0.15, -0.1) is 11.6 Å². The van der Waals surface area contributed by atoms with E-state index in [0.717, 1.165) is 34.3 Å². The summed E-state index contributed by atoms with van der Waals surface area (Å²) in [5.41, 5.74) is 1.93. The van der Waals surface area contributed by atoms with Crippen molar-refractivity contribution in [1.29, 1.82) is 0 Å². The summed E-state index contributed by atoms with van der Waals surface area (Å²) in [6.45, 7) is 0. The third-order valence-corrected chi connectivity index (χ3v) is 4.79. The molecule has 1 aromatic carbocycles. The number of rotatable bonds is 4. The molecule has 0 aliphatic carbocycles. The van der Waals surface area contributed by atoms with Crippen molar-refractivity contribution in [3.8, 4) is 5.75 Å². The fraction of sp³-hybridized carbons (Fsp3) is 0.357. The van der Waals surface area contributed by atoms with E-state index < -0.39 is 0 Å². The number of alkyl halides is 1. The number of fused-ring (bicyclic) bond motifs is 1. The summed E-state index contributed by atoms with van der Waals surface area (Å²) >= 11 is 7.45. The molecular weight excluding hydrogens is 299 g/mol. The van der Waals surface area contributed by atoms with Gasteiger partial charge in [-0.2, -0.15) is 0 Å². The van der Waals surface area contributed by atoms with E-state index in [2.05, 4.69) is 4.98 Å². The average molecular weight is 313 g/mol. The highest BCUT2D eigenvalue weighted by Crippen LogP contribution is 2.31. The van der Waals surface area contributed by atoms with Gasteiger partial charge in [-0.3, -0.25) is 0 Å². The van der Waals surface area contributed by atoms with Gasteiger partial charge in [0.05, 0.1) is 17.8 Å². The van der Waals surface area contributed by atoms with Crippen LogP contribution < -0.4 is 4.74 Å². The van der Waals surface area contributed by atoms with Gasteiger partial charge in [0.25, 0.3) is 0 Å². The van der Waals surface area contributed by atoms with E-state index in [1.54, 1.807) is 30.1 Å². The molecule has 0 N–H and O–H groups in total. The molecule has 1 aromatic heterocycles. The van der Waals surface area contributed by atoms with Crippen LogP contribution in [0.3, 0.4) is 0 Å². The zero-order chi connectivity index (χ0) is 14.1. The second kappa shape index (κ2) is 5.66. The number of hydrogen-bond acceptors (Lipinski definition) is 3. The maximum atomic E-state index is 13.1. The molecule has 2 heterocycles. The fourth-order valence-electron chi connectivity index (χ4n) is 2.23. The van der Waals surface area contributed by atoms with Gasteiger partial charge in [0, 0.05) is 24.8 Å². The molecule has 0 bridgehead atoms. The molecule has 0 fully saturated rings. The lowest BCUT2D eigenvalue weighted by Crippen LogP contribution is -2.16. The smallest absolute Gasteiger partial charge is 0.168 e. The Balaban J connectivity index is 1.62. The van der Waals surface area contributed by atoms with E-state index in [4.69, 9.17) is 16.3 Å². The number of aromatic nitrogens is 2. The molecule has 3 rings (SSSR count). The van der Waals surface area contributed by atoms with Crippen LogP contribution >= 0.6 is 23.4 Å². The summed E-state index contributed by atoms with van der Waals surface area (Å²) in [5, 5.41) is 0.923. The highest BCUT2D eigenvalue weighted by atomic mass is 35.5. The van der Waals surface area contributed by atoms with Gasteiger partial charge < -0.3 is 9.30 Å². The Labute approximate surface area is 126 Å². The van der Waals surface area contributed by atoms with Crippen LogP contribution in [0.2, 0.25) is 0 Å². The average Bonchev–Trinajstić information content (AvgIpc) is 2.99. The van der Waals surface area contributed by atoms with Crippen LogP contribution in [0.1, 0.15) is 11.3 Å². The third-order valence-electron chi connectivity index (χ3n) is 3.34. The van der Waals surface area contributed by atoms with Gasteiger partial charge in [0.15, 0.2) is 5.16 Å². The highest BCUT2D eigenvalue weighted by Gasteiger charge is 2.24. The zero-order valence-electron chi connectivity index (χ0n) is 11.0. The second-order valence-electron chi connectivity index (χ2n) is 4.73. The predicted octanol–water partition coefficient (Wildman–Crippen LogP) is 3.39. The summed E-state index contributed by atoms with van der Waals surface area (Å²) in [6.07, 6.45) is 2.59. The largest absolute Gasteiger partial charge is 0.489 e. The first-order chi connectivity index (χ1) is 9.67. The van der Waals surface area contributed by atoms with Gasteiger partial charge in [-0.1, -0.05) is 11.8 Å². The van der Waals surface area contributed by atoms with Gasteiger partial charge >= 0.3 is 0 Å². The van der Waals surface area contributed by atoms with Gasteiger partial charge in [0.2, 0.25) is 0 Å². The molecule has 1 aliphatic rings. The molecule has 1 atom stereocenters. The molecular formula is C14H14ClFN2OS.